The first-order valence-corrected chi connectivity index (χ1v) is 5.95. The van der Waals surface area contributed by atoms with Gasteiger partial charge in [0, 0.05) is 18.5 Å². The smallest absolute Gasteiger partial charge is 0.257 e. The zero-order chi connectivity index (χ0) is 12.1. The lowest BCUT2D eigenvalue weighted by Gasteiger charge is -1.97. The van der Waals surface area contributed by atoms with Gasteiger partial charge in [-0.25, -0.2) is 0 Å². The summed E-state index contributed by atoms with van der Waals surface area (Å²) in [7, 11) is 0. The molecule has 0 saturated heterocycles. The number of nitrogens with two attached hydrogens (primary N) is 1. The summed E-state index contributed by atoms with van der Waals surface area (Å²) in [5, 5.41) is 3.96. The van der Waals surface area contributed by atoms with E-state index in [4.69, 9.17) is 10.3 Å². The van der Waals surface area contributed by atoms with Crippen LogP contribution in [0.25, 0.3) is 11.5 Å². The predicted octanol–water partition coefficient (Wildman–Crippen LogP) is 2.54. The Hall–Kier alpha value is -1.68. The van der Waals surface area contributed by atoms with Crippen molar-refractivity contribution in [2.24, 2.45) is 5.73 Å². The largest absolute Gasteiger partial charge is 0.334 e. The second-order valence-electron chi connectivity index (χ2n) is 4.02. The first-order chi connectivity index (χ1) is 8.33. The predicted molar refractivity (Wildman–Crippen MR) is 66.2 cm³/mol. The lowest BCUT2D eigenvalue weighted by Crippen LogP contribution is -1.95. The van der Waals surface area contributed by atoms with Gasteiger partial charge in [-0.2, -0.15) is 4.98 Å². The molecule has 0 unspecified atom stereocenters. The fourth-order valence-corrected chi connectivity index (χ4v) is 1.59. The molecule has 90 valence electrons. The first kappa shape index (κ1) is 11.8. The van der Waals surface area contributed by atoms with E-state index in [1.807, 2.05) is 24.3 Å². The van der Waals surface area contributed by atoms with Crippen molar-refractivity contribution in [3.63, 3.8) is 0 Å². The van der Waals surface area contributed by atoms with Gasteiger partial charge in [0.25, 0.3) is 5.89 Å². The molecular weight excluding hydrogens is 214 g/mol. The Kier molecular flexibility index (Phi) is 3.88. The molecule has 0 amide bonds. The molecule has 4 heteroatoms. The van der Waals surface area contributed by atoms with Gasteiger partial charge in [0.05, 0.1) is 0 Å². The molecule has 2 aromatic rings. The molecule has 0 aliphatic carbocycles. The summed E-state index contributed by atoms with van der Waals surface area (Å²) in [5.74, 6) is 1.37. The molecule has 0 spiro atoms. The van der Waals surface area contributed by atoms with E-state index >= 15 is 0 Å². The highest BCUT2D eigenvalue weighted by Crippen LogP contribution is 2.18. The van der Waals surface area contributed by atoms with Crippen LogP contribution in [0.1, 0.15) is 31.2 Å². The highest BCUT2D eigenvalue weighted by molar-refractivity contribution is 5.53. The Morgan fingerprint density at radius 2 is 2.00 bits per heavy atom. The topological polar surface area (TPSA) is 64.9 Å². The molecule has 0 aliphatic rings. The Balaban J connectivity index is 2.12. The minimum atomic E-state index is 0.547. The molecule has 0 radical (unpaired) electrons. The highest BCUT2D eigenvalue weighted by Gasteiger charge is 2.07. The van der Waals surface area contributed by atoms with Crippen LogP contribution in [-0.2, 0) is 13.0 Å². The van der Waals surface area contributed by atoms with Crippen molar-refractivity contribution in [1.82, 2.24) is 10.1 Å². The van der Waals surface area contributed by atoms with Crippen molar-refractivity contribution >= 4 is 0 Å². The third-order valence-corrected chi connectivity index (χ3v) is 2.66. The molecule has 4 nitrogen and oxygen atoms in total. The van der Waals surface area contributed by atoms with Crippen molar-refractivity contribution in [1.29, 1.82) is 0 Å². The first-order valence-electron chi connectivity index (χ1n) is 5.95. The molecule has 0 atom stereocenters. The summed E-state index contributed by atoms with van der Waals surface area (Å²) in [6.07, 6.45) is 3.10. The van der Waals surface area contributed by atoms with Gasteiger partial charge in [0.15, 0.2) is 5.82 Å². The maximum atomic E-state index is 5.55. The van der Waals surface area contributed by atoms with E-state index in [-0.39, 0.29) is 0 Å². The maximum Gasteiger partial charge on any atom is 0.257 e. The molecule has 1 aromatic heterocycles. The number of aromatic nitrogens is 2. The monoisotopic (exact) mass is 231 g/mol. The third-order valence-electron chi connectivity index (χ3n) is 2.66. The Morgan fingerprint density at radius 3 is 2.65 bits per heavy atom. The minimum absolute atomic E-state index is 0.547. The van der Waals surface area contributed by atoms with Crippen LogP contribution in [0.3, 0.4) is 0 Å². The number of rotatable bonds is 5. The number of nitrogens with zero attached hydrogens (tertiary/aromatic N) is 2. The number of benzene rings is 1. The Labute approximate surface area is 101 Å². The number of hydrogen-bond acceptors (Lipinski definition) is 4. The molecular formula is C13H17N3O. The van der Waals surface area contributed by atoms with Gasteiger partial charge in [-0.05, 0) is 24.1 Å². The second kappa shape index (κ2) is 5.59. The van der Waals surface area contributed by atoms with E-state index in [2.05, 4.69) is 17.1 Å². The van der Waals surface area contributed by atoms with Gasteiger partial charge in [-0.15, -0.1) is 0 Å². The van der Waals surface area contributed by atoms with Crippen LogP contribution in [0.15, 0.2) is 28.8 Å². The molecule has 0 saturated carbocycles. The molecule has 17 heavy (non-hydrogen) atoms. The number of unbranched alkanes of at least 4 members (excludes halogenated alkanes) is 1. The van der Waals surface area contributed by atoms with Crippen LogP contribution in [-0.4, -0.2) is 10.1 Å². The van der Waals surface area contributed by atoms with Crippen LogP contribution >= 0.6 is 0 Å². The highest BCUT2D eigenvalue weighted by atomic mass is 16.5. The average molecular weight is 231 g/mol. The van der Waals surface area contributed by atoms with Crippen LogP contribution in [0.5, 0.6) is 0 Å². The van der Waals surface area contributed by atoms with E-state index < -0.39 is 0 Å². The van der Waals surface area contributed by atoms with E-state index in [1.165, 1.54) is 0 Å². The number of hydrogen-bond donors (Lipinski definition) is 1. The molecule has 0 fully saturated rings. The zero-order valence-electron chi connectivity index (χ0n) is 10.0. The van der Waals surface area contributed by atoms with Crippen LogP contribution in [0.2, 0.25) is 0 Å². The molecule has 1 aromatic carbocycles. The van der Waals surface area contributed by atoms with Crippen molar-refractivity contribution < 1.29 is 4.52 Å². The van der Waals surface area contributed by atoms with Crippen molar-refractivity contribution in [2.75, 3.05) is 0 Å². The molecule has 1 heterocycles. The SMILES string of the molecule is CCCCc1noc(-c2ccc(CN)cc2)n1. The maximum absolute atomic E-state index is 5.55. The Morgan fingerprint density at radius 1 is 1.24 bits per heavy atom. The molecule has 2 N–H and O–H groups in total. The summed E-state index contributed by atoms with van der Waals surface area (Å²) in [4.78, 5) is 4.36. The van der Waals surface area contributed by atoms with Gasteiger partial charge in [-0.1, -0.05) is 30.6 Å². The Bertz CT molecular complexity index is 462. The number of aryl methyl sites for hydroxylation is 1. The van der Waals surface area contributed by atoms with Crippen LogP contribution < -0.4 is 5.73 Å². The molecule has 0 bridgehead atoms. The van der Waals surface area contributed by atoms with Gasteiger partial charge in [0.1, 0.15) is 0 Å². The van der Waals surface area contributed by atoms with Gasteiger partial charge >= 0.3 is 0 Å². The van der Waals surface area contributed by atoms with Crippen LogP contribution in [0, 0.1) is 0 Å². The quantitative estimate of drug-likeness (QED) is 0.858. The summed E-state index contributed by atoms with van der Waals surface area (Å²) in [6, 6.07) is 7.87. The second-order valence-corrected chi connectivity index (χ2v) is 4.02. The molecule has 0 aliphatic heterocycles. The summed E-state index contributed by atoms with van der Waals surface area (Å²) >= 11 is 0. The minimum Gasteiger partial charge on any atom is -0.334 e. The summed E-state index contributed by atoms with van der Waals surface area (Å²) < 4.78 is 5.23. The third kappa shape index (κ3) is 2.91. The van der Waals surface area contributed by atoms with E-state index in [1.54, 1.807) is 0 Å². The van der Waals surface area contributed by atoms with Crippen molar-refractivity contribution in [3.8, 4) is 11.5 Å². The lowest BCUT2D eigenvalue weighted by atomic mass is 10.1. The molecule has 2 rings (SSSR count). The van der Waals surface area contributed by atoms with Gasteiger partial charge < -0.3 is 10.3 Å². The van der Waals surface area contributed by atoms with Crippen molar-refractivity contribution in [3.05, 3.63) is 35.7 Å². The van der Waals surface area contributed by atoms with Gasteiger partial charge in [-0.3, -0.25) is 0 Å². The fourth-order valence-electron chi connectivity index (χ4n) is 1.59. The summed E-state index contributed by atoms with van der Waals surface area (Å²) in [5.41, 5.74) is 7.58. The van der Waals surface area contributed by atoms with E-state index in [9.17, 15) is 0 Å². The van der Waals surface area contributed by atoms with Gasteiger partial charge in [0.2, 0.25) is 0 Å². The lowest BCUT2D eigenvalue weighted by molar-refractivity contribution is 0.421. The van der Waals surface area contributed by atoms with E-state index in [0.29, 0.717) is 12.4 Å². The zero-order valence-corrected chi connectivity index (χ0v) is 10.0. The van der Waals surface area contributed by atoms with E-state index in [0.717, 1.165) is 36.2 Å². The van der Waals surface area contributed by atoms with Crippen LogP contribution in [0.4, 0.5) is 0 Å². The summed E-state index contributed by atoms with van der Waals surface area (Å²) in [6.45, 7) is 2.69. The average Bonchev–Trinajstić information content (AvgIpc) is 2.85. The standard InChI is InChI=1S/C13H17N3O/c1-2-3-4-12-15-13(17-16-12)11-7-5-10(9-14)6-8-11/h5-8H,2-4,9,14H2,1H3. The normalized spacial score (nSPS) is 10.7. The van der Waals surface area contributed by atoms with Crippen molar-refractivity contribution in [2.45, 2.75) is 32.7 Å². The fraction of sp³-hybridized carbons (Fsp3) is 0.385.